The van der Waals surface area contributed by atoms with E-state index in [0.29, 0.717) is 18.4 Å². The van der Waals surface area contributed by atoms with Crippen molar-refractivity contribution in [2.24, 2.45) is 5.92 Å². The van der Waals surface area contributed by atoms with Crippen molar-refractivity contribution >= 4 is 5.91 Å². The van der Waals surface area contributed by atoms with Crippen LogP contribution in [0.5, 0.6) is 0 Å². The Balaban J connectivity index is 1.82. The van der Waals surface area contributed by atoms with E-state index >= 15 is 0 Å². The van der Waals surface area contributed by atoms with E-state index in [0.717, 1.165) is 25.9 Å². The Morgan fingerprint density at radius 1 is 1.40 bits per heavy atom. The van der Waals surface area contributed by atoms with Crippen LogP contribution in [-0.4, -0.2) is 25.0 Å². The lowest BCUT2D eigenvalue weighted by Crippen LogP contribution is -2.48. The fourth-order valence-electron chi connectivity index (χ4n) is 2.88. The van der Waals surface area contributed by atoms with Gasteiger partial charge < -0.3 is 10.6 Å². The first-order valence-electron chi connectivity index (χ1n) is 7.62. The van der Waals surface area contributed by atoms with Crippen LogP contribution in [0.15, 0.2) is 18.2 Å². The second kappa shape index (κ2) is 6.89. The average molecular weight is 274 g/mol. The zero-order valence-electron chi connectivity index (χ0n) is 12.8. The highest BCUT2D eigenvalue weighted by atomic mass is 16.1. The molecule has 0 bridgehead atoms. The molecule has 0 aliphatic carbocycles. The van der Waals surface area contributed by atoms with Crippen LogP contribution >= 0.6 is 0 Å². The standard InChI is InChI=1S/C17H26N2O/c1-12-4-5-15(13(2)10-12)6-7-17(20)19-16-8-9-18-11-14(16)3/h4-5,10,14,16,18H,6-9,11H2,1-3H3,(H,19,20). The number of aryl methyl sites for hydroxylation is 3. The van der Waals surface area contributed by atoms with E-state index < -0.39 is 0 Å². The molecule has 1 saturated heterocycles. The summed E-state index contributed by atoms with van der Waals surface area (Å²) in [6, 6.07) is 6.78. The largest absolute Gasteiger partial charge is 0.353 e. The summed E-state index contributed by atoms with van der Waals surface area (Å²) in [7, 11) is 0. The zero-order valence-corrected chi connectivity index (χ0v) is 12.8. The quantitative estimate of drug-likeness (QED) is 0.885. The summed E-state index contributed by atoms with van der Waals surface area (Å²) in [6.45, 7) is 8.42. The van der Waals surface area contributed by atoms with Crippen molar-refractivity contribution in [1.29, 1.82) is 0 Å². The number of amides is 1. The Bertz CT molecular complexity index is 470. The van der Waals surface area contributed by atoms with Gasteiger partial charge in [0.15, 0.2) is 0 Å². The third-order valence-electron chi connectivity index (χ3n) is 4.25. The van der Waals surface area contributed by atoms with Crippen molar-refractivity contribution < 1.29 is 4.79 Å². The van der Waals surface area contributed by atoms with Gasteiger partial charge in [-0.3, -0.25) is 4.79 Å². The molecule has 3 heteroatoms. The summed E-state index contributed by atoms with van der Waals surface area (Å²) >= 11 is 0. The summed E-state index contributed by atoms with van der Waals surface area (Å²) in [4.78, 5) is 12.1. The monoisotopic (exact) mass is 274 g/mol. The van der Waals surface area contributed by atoms with Crippen molar-refractivity contribution in [3.63, 3.8) is 0 Å². The lowest BCUT2D eigenvalue weighted by atomic mass is 9.95. The van der Waals surface area contributed by atoms with Crippen molar-refractivity contribution in [3.8, 4) is 0 Å². The SMILES string of the molecule is Cc1ccc(CCC(=O)NC2CCNCC2C)c(C)c1. The number of carbonyl (C=O) groups excluding carboxylic acids is 1. The van der Waals surface area contributed by atoms with E-state index in [9.17, 15) is 4.79 Å². The van der Waals surface area contributed by atoms with E-state index in [1.165, 1.54) is 16.7 Å². The molecule has 1 aromatic rings. The fraction of sp³-hybridized carbons (Fsp3) is 0.588. The predicted octanol–water partition coefficient (Wildman–Crippen LogP) is 2.35. The molecule has 1 heterocycles. The van der Waals surface area contributed by atoms with Crippen molar-refractivity contribution in [2.75, 3.05) is 13.1 Å². The van der Waals surface area contributed by atoms with Crippen LogP contribution in [0.3, 0.4) is 0 Å². The maximum Gasteiger partial charge on any atom is 0.220 e. The van der Waals surface area contributed by atoms with Gasteiger partial charge in [0.2, 0.25) is 5.91 Å². The summed E-state index contributed by atoms with van der Waals surface area (Å²) in [5, 5.41) is 6.55. The molecule has 2 rings (SSSR count). The Hall–Kier alpha value is -1.35. The first kappa shape index (κ1) is 15.0. The maximum atomic E-state index is 12.1. The highest BCUT2D eigenvalue weighted by Crippen LogP contribution is 2.14. The number of nitrogens with one attached hydrogen (secondary N) is 2. The van der Waals surface area contributed by atoms with Gasteiger partial charge in [0.1, 0.15) is 0 Å². The maximum absolute atomic E-state index is 12.1. The summed E-state index contributed by atoms with van der Waals surface area (Å²) in [5.74, 6) is 0.706. The number of piperidine rings is 1. The Labute approximate surface area is 122 Å². The molecule has 3 nitrogen and oxygen atoms in total. The molecular formula is C17H26N2O. The van der Waals surface area contributed by atoms with E-state index in [2.05, 4.69) is 49.6 Å². The lowest BCUT2D eigenvalue weighted by Gasteiger charge is -2.30. The normalized spacial score (nSPS) is 22.6. The molecule has 1 fully saturated rings. The molecule has 1 aromatic carbocycles. The van der Waals surface area contributed by atoms with Gasteiger partial charge in [-0.2, -0.15) is 0 Å². The van der Waals surface area contributed by atoms with Gasteiger partial charge in [-0.25, -0.2) is 0 Å². The number of hydrogen-bond acceptors (Lipinski definition) is 2. The molecule has 0 radical (unpaired) electrons. The van der Waals surface area contributed by atoms with Crippen LogP contribution in [0.4, 0.5) is 0 Å². The average Bonchev–Trinajstić information content (AvgIpc) is 2.40. The molecule has 1 aliphatic rings. The number of benzene rings is 1. The van der Waals surface area contributed by atoms with E-state index in [1.807, 2.05) is 0 Å². The molecule has 0 spiro atoms. The van der Waals surface area contributed by atoms with Crippen LogP contribution in [0.1, 0.15) is 36.5 Å². The highest BCUT2D eigenvalue weighted by Gasteiger charge is 2.22. The summed E-state index contributed by atoms with van der Waals surface area (Å²) in [5.41, 5.74) is 3.84. The molecule has 0 saturated carbocycles. The Morgan fingerprint density at radius 2 is 2.20 bits per heavy atom. The minimum Gasteiger partial charge on any atom is -0.353 e. The van der Waals surface area contributed by atoms with Gasteiger partial charge in [0, 0.05) is 12.5 Å². The minimum atomic E-state index is 0.184. The van der Waals surface area contributed by atoms with Gasteiger partial charge in [-0.1, -0.05) is 30.7 Å². The Kier molecular flexibility index (Phi) is 5.18. The molecule has 20 heavy (non-hydrogen) atoms. The van der Waals surface area contributed by atoms with Crippen molar-refractivity contribution in [3.05, 3.63) is 34.9 Å². The first-order valence-corrected chi connectivity index (χ1v) is 7.62. The van der Waals surface area contributed by atoms with Crippen LogP contribution in [-0.2, 0) is 11.2 Å². The van der Waals surface area contributed by atoms with Gasteiger partial charge in [-0.05, 0) is 56.8 Å². The van der Waals surface area contributed by atoms with Crippen LogP contribution in [0, 0.1) is 19.8 Å². The van der Waals surface area contributed by atoms with E-state index in [-0.39, 0.29) is 5.91 Å². The zero-order chi connectivity index (χ0) is 14.5. The van der Waals surface area contributed by atoms with Crippen LogP contribution in [0.25, 0.3) is 0 Å². The van der Waals surface area contributed by atoms with Gasteiger partial charge in [-0.15, -0.1) is 0 Å². The van der Waals surface area contributed by atoms with Gasteiger partial charge >= 0.3 is 0 Å². The second-order valence-corrected chi connectivity index (χ2v) is 6.07. The molecule has 110 valence electrons. The van der Waals surface area contributed by atoms with Crippen LogP contribution in [0.2, 0.25) is 0 Å². The van der Waals surface area contributed by atoms with Crippen molar-refractivity contribution in [2.45, 2.75) is 46.1 Å². The smallest absolute Gasteiger partial charge is 0.220 e. The predicted molar refractivity (Wildman–Crippen MR) is 82.8 cm³/mol. The lowest BCUT2D eigenvalue weighted by molar-refractivity contribution is -0.122. The summed E-state index contributed by atoms with van der Waals surface area (Å²) in [6.07, 6.45) is 2.45. The molecule has 2 unspecified atom stereocenters. The molecule has 1 aliphatic heterocycles. The van der Waals surface area contributed by atoms with E-state index in [1.54, 1.807) is 0 Å². The highest BCUT2D eigenvalue weighted by molar-refractivity contribution is 5.76. The van der Waals surface area contributed by atoms with E-state index in [4.69, 9.17) is 0 Å². The molecule has 2 N–H and O–H groups in total. The third-order valence-corrected chi connectivity index (χ3v) is 4.25. The van der Waals surface area contributed by atoms with Gasteiger partial charge in [0.05, 0.1) is 0 Å². The van der Waals surface area contributed by atoms with Gasteiger partial charge in [0.25, 0.3) is 0 Å². The minimum absolute atomic E-state index is 0.184. The topological polar surface area (TPSA) is 41.1 Å². The number of hydrogen-bond donors (Lipinski definition) is 2. The molecule has 1 amide bonds. The number of carbonyl (C=O) groups is 1. The molecular weight excluding hydrogens is 248 g/mol. The summed E-state index contributed by atoms with van der Waals surface area (Å²) < 4.78 is 0. The Morgan fingerprint density at radius 3 is 2.90 bits per heavy atom. The third kappa shape index (κ3) is 4.07. The van der Waals surface area contributed by atoms with Crippen molar-refractivity contribution in [1.82, 2.24) is 10.6 Å². The second-order valence-electron chi connectivity index (χ2n) is 6.07. The molecule has 2 atom stereocenters. The number of rotatable bonds is 4. The van der Waals surface area contributed by atoms with Crippen LogP contribution < -0.4 is 10.6 Å². The molecule has 0 aromatic heterocycles. The first-order chi connectivity index (χ1) is 9.56. The fourth-order valence-corrected chi connectivity index (χ4v) is 2.88.